The molecule has 4 nitrogen and oxygen atoms in total. The average Bonchev–Trinajstić information content (AvgIpc) is 2.36. The minimum atomic E-state index is -0.296. The highest BCUT2D eigenvalue weighted by Gasteiger charge is 2.32. The Balaban J connectivity index is 1.92. The second-order valence-corrected chi connectivity index (χ2v) is 4.98. The summed E-state index contributed by atoms with van der Waals surface area (Å²) in [6.07, 6.45) is 4.61. The van der Waals surface area contributed by atoms with E-state index in [0.717, 1.165) is 26.1 Å². The summed E-state index contributed by atoms with van der Waals surface area (Å²) in [6, 6.07) is 0.297. The number of rotatable bonds is 2. The molecule has 2 rings (SSSR count). The number of nitrogens with two attached hydrogens (primary N) is 1. The highest BCUT2D eigenvalue weighted by Crippen LogP contribution is 2.21. The molecule has 92 valence electrons. The summed E-state index contributed by atoms with van der Waals surface area (Å²) < 4.78 is 0. The van der Waals surface area contributed by atoms with Gasteiger partial charge in [-0.15, -0.1) is 0 Å². The van der Waals surface area contributed by atoms with Crippen molar-refractivity contribution in [2.75, 3.05) is 26.2 Å². The predicted octanol–water partition coefficient (Wildman–Crippen LogP) is 0.420. The fourth-order valence-corrected chi connectivity index (χ4v) is 2.77. The van der Waals surface area contributed by atoms with Crippen LogP contribution in [-0.4, -0.2) is 54.0 Å². The van der Waals surface area contributed by atoms with Crippen molar-refractivity contribution in [2.45, 2.75) is 44.7 Å². The third kappa shape index (κ3) is 2.38. The smallest absolute Gasteiger partial charge is 0.239 e. The Morgan fingerprint density at radius 1 is 1.38 bits per heavy atom. The van der Waals surface area contributed by atoms with Crippen LogP contribution in [0.15, 0.2) is 0 Å². The van der Waals surface area contributed by atoms with Crippen molar-refractivity contribution < 1.29 is 4.79 Å². The van der Waals surface area contributed by atoms with Crippen molar-refractivity contribution in [2.24, 2.45) is 5.73 Å². The van der Waals surface area contributed by atoms with Crippen LogP contribution in [0.1, 0.15) is 32.6 Å². The maximum atomic E-state index is 12.0. The van der Waals surface area contributed by atoms with Gasteiger partial charge < -0.3 is 10.6 Å². The van der Waals surface area contributed by atoms with Crippen molar-refractivity contribution in [1.82, 2.24) is 9.80 Å². The fourth-order valence-electron chi connectivity index (χ4n) is 2.77. The van der Waals surface area contributed by atoms with E-state index in [-0.39, 0.29) is 11.9 Å². The number of piperazine rings is 1. The molecular weight excluding hydrogens is 202 g/mol. The zero-order chi connectivity index (χ0) is 11.5. The van der Waals surface area contributed by atoms with Gasteiger partial charge in [-0.2, -0.15) is 0 Å². The Hall–Kier alpha value is -0.610. The van der Waals surface area contributed by atoms with Crippen LogP contribution in [-0.2, 0) is 4.79 Å². The lowest BCUT2D eigenvalue weighted by molar-refractivity contribution is -0.136. The molecule has 16 heavy (non-hydrogen) atoms. The van der Waals surface area contributed by atoms with Crippen molar-refractivity contribution in [3.8, 4) is 0 Å². The normalized spacial score (nSPS) is 28.6. The van der Waals surface area contributed by atoms with Gasteiger partial charge in [0.25, 0.3) is 0 Å². The van der Waals surface area contributed by atoms with Gasteiger partial charge in [-0.1, -0.05) is 13.3 Å². The van der Waals surface area contributed by atoms with E-state index in [4.69, 9.17) is 5.73 Å². The number of amides is 1. The van der Waals surface area contributed by atoms with Gasteiger partial charge >= 0.3 is 0 Å². The summed E-state index contributed by atoms with van der Waals surface area (Å²) in [5, 5.41) is 0. The summed E-state index contributed by atoms with van der Waals surface area (Å²) in [5.41, 5.74) is 5.81. The molecule has 0 bridgehead atoms. The Morgan fingerprint density at radius 3 is 2.94 bits per heavy atom. The molecular formula is C12H23N3O. The molecule has 0 aromatic carbocycles. The van der Waals surface area contributed by atoms with Gasteiger partial charge in [0, 0.05) is 25.7 Å². The molecule has 0 radical (unpaired) electrons. The first-order valence-corrected chi connectivity index (χ1v) is 6.50. The van der Waals surface area contributed by atoms with Gasteiger partial charge in [-0.3, -0.25) is 9.69 Å². The Labute approximate surface area is 97.8 Å². The summed E-state index contributed by atoms with van der Waals surface area (Å²) >= 11 is 0. The topological polar surface area (TPSA) is 49.6 Å². The van der Waals surface area contributed by atoms with Crippen LogP contribution in [0.4, 0.5) is 0 Å². The van der Waals surface area contributed by atoms with Gasteiger partial charge in [0.15, 0.2) is 0 Å². The van der Waals surface area contributed by atoms with Crippen molar-refractivity contribution in [1.29, 1.82) is 0 Å². The number of fused-ring (bicyclic) bond motifs is 1. The fraction of sp³-hybridized carbons (Fsp3) is 0.917. The minimum absolute atomic E-state index is 0.146. The third-order valence-electron chi connectivity index (χ3n) is 3.91. The second-order valence-electron chi connectivity index (χ2n) is 4.98. The summed E-state index contributed by atoms with van der Waals surface area (Å²) in [7, 11) is 0. The van der Waals surface area contributed by atoms with Gasteiger partial charge in [0.05, 0.1) is 6.04 Å². The lowest BCUT2D eigenvalue weighted by Crippen LogP contribution is -2.58. The van der Waals surface area contributed by atoms with Crippen LogP contribution >= 0.6 is 0 Å². The molecule has 1 amide bonds. The summed E-state index contributed by atoms with van der Waals surface area (Å²) in [4.78, 5) is 16.5. The highest BCUT2D eigenvalue weighted by atomic mass is 16.2. The van der Waals surface area contributed by atoms with Crippen LogP contribution in [0.3, 0.4) is 0 Å². The first-order valence-electron chi connectivity index (χ1n) is 6.50. The molecule has 1 unspecified atom stereocenters. The van der Waals surface area contributed by atoms with Gasteiger partial charge in [0.1, 0.15) is 0 Å². The molecule has 4 heteroatoms. The number of carbonyl (C=O) groups excluding carboxylic acids is 1. The van der Waals surface area contributed by atoms with Crippen molar-refractivity contribution in [3.63, 3.8) is 0 Å². The van der Waals surface area contributed by atoms with Gasteiger partial charge in [0.2, 0.25) is 5.91 Å². The van der Waals surface area contributed by atoms with Crippen LogP contribution in [0.2, 0.25) is 0 Å². The van der Waals surface area contributed by atoms with E-state index in [1.165, 1.54) is 25.8 Å². The van der Waals surface area contributed by atoms with E-state index in [0.29, 0.717) is 6.04 Å². The molecule has 2 N–H and O–H groups in total. The zero-order valence-corrected chi connectivity index (χ0v) is 10.2. The second kappa shape index (κ2) is 5.15. The van der Waals surface area contributed by atoms with Crippen LogP contribution < -0.4 is 5.73 Å². The highest BCUT2D eigenvalue weighted by molar-refractivity contribution is 5.81. The van der Waals surface area contributed by atoms with Gasteiger partial charge in [-0.05, 0) is 25.8 Å². The third-order valence-corrected chi connectivity index (χ3v) is 3.91. The quantitative estimate of drug-likeness (QED) is 0.741. The van der Waals surface area contributed by atoms with E-state index in [1.54, 1.807) is 0 Å². The molecule has 2 aliphatic rings. The largest absolute Gasteiger partial charge is 0.338 e. The maximum absolute atomic E-state index is 12.0. The van der Waals surface area contributed by atoms with E-state index < -0.39 is 0 Å². The monoisotopic (exact) mass is 225 g/mol. The molecule has 0 aromatic rings. The number of hydrogen-bond donors (Lipinski definition) is 1. The lowest BCUT2D eigenvalue weighted by atomic mass is 9.99. The van der Waals surface area contributed by atoms with Crippen LogP contribution in [0.25, 0.3) is 0 Å². The Morgan fingerprint density at radius 2 is 2.19 bits per heavy atom. The molecule has 2 aliphatic heterocycles. The number of hydrogen-bond acceptors (Lipinski definition) is 3. The SMILES string of the molecule is CC[C@H](N)C(=O)N1CCN2CCCCC2C1. The number of nitrogens with zero attached hydrogens (tertiary/aromatic N) is 2. The van der Waals surface area contributed by atoms with Gasteiger partial charge in [-0.25, -0.2) is 0 Å². The number of carbonyl (C=O) groups is 1. The van der Waals surface area contributed by atoms with Crippen molar-refractivity contribution in [3.05, 3.63) is 0 Å². The molecule has 2 fully saturated rings. The Kier molecular flexibility index (Phi) is 3.82. The molecule has 2 atom stereocenters. The van der Waals surface area contributed by atoms with Crippen molar-refractivity contribution >= 4 is 5.91 Å². The van der Waals surface area contributed by atoms with E-state index >= 15 is 0 Å². The standard InChI is InChI=1S/C12H23N3O/c1-2-11(13)12(16)15-8-7-14-6-4-3-5-10(14)9-15/h10-11H,2-9,13H2,1H3/t10?,11-/m0/s1. The minimum Gasteiger partial charge on any atom is -0.338 e. The van der Waals surface area contributed by atoms with E-state index in [1.807, 2.05) is 11.8 Å². The molecule has 2 heterocycles. The van der Waals surface area contributed by atoms with Crippen LogP contribution in [0, 0.1) is 0 Å². The first kappa shape index (κ1) is 11.9. The molecule has 0 aliphatic carbocycles. The predicted molar refractivity (Wildman–Crippen MR) is 64.1 cm³/mol. The van der Waals surface area contributed by atoms with Crippen LogP contribution in [0.5, 0.6) is 0 Å². The average molecular weight is 225 g/mol. The zero-order valence-electron chi connectivity index (χ0n) is 10.2. The number of piperidine rings is 1. The maximum Gasteiger partial charge on any atom is 0.239 e. The van der Waals surface area contributed by atoms with E-state index in [2.05, 4.69) is 4.90 Å². The lowest BCUT2D eigenvalue weighted by Gasteiger charge is -2.44. The summed E-state index contributed by atoms with van der Waals surface area (Å²) in [6.45, 7) is 5.98. The molecule has 0 saturated carbocycles. The van der Waals surface area contributed by atoms with E-state index in [9.17, 15) is 4.79 Å². The molecule has 2 saturated heterocycles. The molecule has 0 spiro atoms. The molecule has 0 aromatic heterocycles. The first-order chi connectivity index (χ1) is 7.72. The Bertz CT molecular complexity index is 257. The summed E-state index contributed by atoms with van der Waals surface area (Å²) in [5.74, 6) is 0.146.